The molecule has 0 spiro atoms. The summed E-state index contributed by atoms with van der Waals surface area (Å²) in [4.78, 5) is 18.0. The first-order chi connectivity index (χ1) is 16.9. The third-order valence-corrected chi connectivity index (χ3v) is 6.63. The number of alkyl halides is 2. The number of thioether (sulfide) groups is 1. The maximum Gasteiger partial charge on any atom is 0.345 e. The molecule has 0 unspecified atom stereocenters. The Morgan fingerprint density at radius 1 is 0.971 bits per heavy atom. The molecule has 4 rings (SSSR count). The van der Waals surface area contributed by atoms with Gasteiger partial charge in [0.2, 0.25) is 0 Å². The minimum Gasteiger partial charge on any atom is -0.366 e. The molecule has 0 saturated carbocycles. The molecule has 1 heterocycles. The molecule has 0 aliphatic carbocycles. The van der Waals surface area contributed by atoms with Gasteiger partial charge in [0.25, 0.3) is 5.91 Å². The van der Waals surface area contributed by atoms with Crippen molar-refractivity contribution < 1.29 is 27.1 Å². The van der Waals surface area contributed by atoms with Gasteiger partial charge in [0.05, 0.1) is 12.3 Å². The second-order valence-electron chi connectivity index (χ2n) is 8.06. The van der Waals surface area contributed by atoms with Crippen LogP contribution in [-0.2, 0) is 11.3 Å². The summed E-state index contributed by atoms with van der Waals surface area (Å²) in [5, 5.41) is 0. The highest BCUT2D eigenvalue weighted by atomic mass is 32.2. The smallest absolute Gasteiger partial charge is 0.345 e. The van der Waals surface area contributed by atoms with Gasteiger partial charge in [-0.15, -0.1) is 11.8 Å². The second kappa shape index (κ2) is 11.1. The minimum absolute atomic E-state index is 0.139. The van der Waals surface area contributed by atoms with Crippen LogP contribution in [0.25, 0.3) is 11.1 Å². The Kier molecular flexibility index (Phi) is 7.97. The molecule has 1 amide bonds. The first-order valence-corrected chi connectivity index (χ1v) is 12.2. The third kappa shape index (κ3) is 5.97. The van der Waals surface area contributed by atoms with Crippen molar-refractivity contribution in [3.63, 3.8) is 0 Å². The fourth-order valence-corrected chi connectivity index (χ4v) is 4.52. The predicted octanol–water partition coefficient (Wildman–Crippen LogP) is 6.06. The number of nitrogens with zero attached hydrogens (tertiary/aromatic N) is 2. The average molecular weight is 505 g/mol. The van der Waals surface area contributed by atoms with E-state index in [2.05, 4.69) is 4.74 Å². The van der Waals surface area contributed by atoms with Crippen molar-refractivity contribution in [1.82, 2.24) is 4.90 Å². The van der Waals surface area contributed by atoms with E-state index in [1.54, 1.807) is 29.2 Å². The van der Waals surface area contributed by atoms with E-state index >= 15 is 0 Å². The van der Waals surface area contributed by atoms with Crippen molar-refractivity contribution in [3.8, 4) is 11.1 Å². The zero-order valence-corrected chi connectivity index (χ0v) is 19.8. The lowest BCUT2D eigenvalue weighted by Gasteiger charge is -2.36. The molecular weight excluding hydrogens is 480 g/mol. The number of hydrogen-bond acceptors (Lipinski definition) is 4. The van der Waals surface area contributed by atoms with Crippen LogP contribution >= 0.6 is 11.8 Å². The number of carbonyl (C=O) groups excluding carboxylic acids is 1. The maximum absolute atomic E-state index is 14.6. The summed E-state index contributed by atoms with van der Waals surface area (Å²) in [6.45, 7) is -1.67. The Labute approximate surface area is 205 Å². The molecular formula is C26H24F4N2O2S. The topological polar surface area (TPSA) is 32.8 Å². The molecule has 3 aromatic rings. The highest BCUT2D eigenvalue weighted by molar-refractivity contribution is 7.98. The van der Waals surface area contributed by atoms with Crippen LogP contribution in [0, 0.1) is 11.6 Å². The normalized spacial score (nSPS) is 14.0. The minimum atomic E-state index is -2.91. The van der Waals surface area contributed by atoms with Crippen molar-refractivity contribution in [1.29, 1.82) is 0 Å². The fraction of sp³-hybridized carbons (Fsp3) is 0.269. The molecule has 3 aromatic carbocycles. The predicted molar refractivity (Wildman–Crippen MR) is 129 cm³/mol. The maximum atomic E-state index is 14.6. The van der Waals surface area contributed by atoms with E-state index < -0.39 is 12.4 Å². The van der Waals surface area contributed by atoms with Crippen molar-refractivity contribution in [3.05, 3.63) is 83.4 Å². The van der Waals surface area contributed by atoms with Crippen LogP contribution in [0.4, 0.5) is 23.2 Å². The Morgan fingerprint density at radius 2 is 1.69 bits per heavy atom. The van der Waals surface area contributed by atoms with E-state index in [9.17, 15) is 22.4 Å². The Hall–Kier alpha value is -3.04. The van der Waals surface area contributed by atoms with Crippen LogP contribution in [0.1, 0.15) is 15.9 Å². The van der Waals surface area contributed by atoms with Gasteiger partial charge in [0, 0.05) is 36.6 Å². The zero-order chi connectivity index (χ0) is 24.9. The Morgan fingerprint density at radius 3 is 2.31 bits per heavy atom. The molecule has 1 aliphatic heterocycles. The van der Waals surface area contributed by atoms with Crippen LogP contribution in [0.5, 0.6) is 0 Å². The van der Waals surface area contributed by atoms with Crippen LogP contribution in [-0.4, -0.2) is 49.9 Å². The van der Waals surface area contributed by atoms with Gasteiger partial charge in [0.15, 0.2) is 0 Å². The van der Waals surface area contributed by atoms with Crippen molar-refractivity contribution in [2.24, 2.45) is 0 Å². The van der Waals surface area contributed by atoms with Crippen molar-refractivity contribution >= 4 is 23.4 Å². The van der Waals surface area contributed by atoms with Gasteiger partial charge in [-0.1, -0.05) is 24.3 Å². The SMILES string of the molecule is CSc1ccc(-c2ccc(F)cc2)c(C(=O)N2CCN(c3ccc(COC(F)F)cc3F)CC2)c1. The number of ether oxygens (including phenoxy) is 1. The Balaban J connectivity index is 1.48. The molecule has 0 bridgehead atoms. The second-order valence-corrected chi connectivity index (χ2v) is 8.93. The highest BCUT2D eigenvalue weighted by Gasteiger charge is 2.26. The van der Waals surface area contributed by atoms with Gasteiger partial charge < -0.3 is 14.5 Å². The highest BCUT2D eigenvalue weighted by Crippen LogP contribution is 2.30. The molecule has 0 atom stereocenters. The van der Waals surface area contributed by atoms with Crippen LogP contribution in [0.3, 0.4) is 0 Å². The van der Waals surface area contributed by atoms with Crippen LogP contribution in [0.2, 0.25) is 0 Å². The summed E-state index contributed by atoms with van der Waals surface area (Å²) in [6, 6.07) is 16.0. The quantitative estimate of drug-likeness (QED) is 0.290. The zero-order valence-electron chi connectivity index (χ0n) is 19.0. The summed E-state index contributed by atoms with van der Waals surface area (Å²) < 4.78 is 56.7. The third-order valence-electron chi connectivity index (χ3n) is 5.91. The van der Waals surface area contributed by atoms with Crippen molar-refractivity contribution in [2.75, 3.05) is 37.3 Å². The Bertz CT molecular complexity index is 1180. The van der Waals surface area contributed by atoms with Crippen LogP contribution in [0.15, 0.2) is 65.6 Å². The molecule has 9 heteroatoms. The molecule has 4 nitrogen and oxygen atoms in total. The van der Waals surface area contributed by atoms with Crippen LogP contribution < -0.4 is 4.90 Å². The molecule has 35 heavy (non-hydrogen) atoms. The number of piperazine rings is 1. The number of rotatable bonds is 7. The number of benzene rings is 3. The first-order valence-electron chi connectivity index (χ1n) is 11.0. The summed E-state index contributed by atoms with van der Waals surface area (Å²) in [7, 11) is 0. The van der Waals surface area contributed by atoms with E-state index in [4.69, 9.17) is 0 Å². The van der Waals surface area contributed by atoms with Crippen molar-refractivity contribution in [2.45, 2.75) is 18.1 Å². The van der Waals surface area contributed by atoms with Gasteiger partial charge in [-0.05, 0) is 59.3 Å². The van der Waals surface area contributed by atoms with Gasteiger partial charge in [-0.3, -0.25) is 4.79 Å². The lowest BCUT2D eigenvalue weighted by Crippen LogP contribution is -2.49. The van der Waals surface area contributed by atoms with E-state index in [0.29, 0.717) is 43.0 Å². The van der Waals surface area contributed by atoms with E-state index in [1.165, 1.54) is 30.0 Å². The summed E-state index contributed by atoms with van der Waals surface area (Å²) in [6.07, 6.45) is 1.93. The standard InChI is InChI=1S/C26H24F4N2O2S/c1-35-20-7-8-21(18-3-5-19(27)6-4-18)22(15-20)25(33)32-12-10-31(11-13-32)24-9-2-17(14-23(24)28)16-34-26(29)30/h2-9,14-15,26H,10-13,16H2,1H3. The molecule has 1 saturated heterocycles. The number of carbonyl (C=O) groups is 1. The lowest BCUT2D eigenvalue weighted by atomic mass is 9.98. The van der Waals surface area contributed by atoms with E-state index in [0.717, 1.165) is 16.0 Å². The molecule has 1 aliphatic rings. The van der Waals surface area contributed by atoms with E-state index in [-0.39, 0.29) is 18.3 Å². The summed E-state index contributed by atoms with van der Waals surface area (Å²) in [5.41, 5.74) is 2.69. The number of halogens is 4. The van der Waals surface area contributed by atoms with E-state index in [1.807, 2.05) is 29.4 Å². The van der Waals surface area contributed by atoms with Gasteiger partial charge in [-0.2, -0.15) is 8.78 Å². The average Bonchev–Trinajstić information content (AvgIpc) is 2.87. The molecule has 184 valence electrons. The largest absolute Gasteiger partial charge is 0.366 e. The molecule has 0 aromatic heterocycles. The molecule has 0 N–H and O–H groups in total. The summed E-state index contributed by atoms with van der Waals surface area (Å²) >= 11 is 1.53. The molecule has 0 radical (unpaired) electrons. The molecule has 1 fully saturated rings. The van der Waals surface area contributed by atoms with Gasteiger partial charge in [-0.25, -0.2) is 8.78 Å². The number of hydrogen-bond donors (Lipinski definition) is 0. The lowest BCUT2D eigenvalue weighted by molar-refractivity contribution is -0.137. The fourth-order valence-electron chi connectivity index (χ4n) is 4.09. The summed E-state index contributed by atoms with van der Waals surface area (Å²) in [5.74, 6) is -1.01. The number of amides is 1. The first kappa shape index (κ1) is 25.1. The number of anilines is 1. The monoisotopic (exact) mass is 504 g/mol. The van der Waals surface area contributed by atoms with Gasteiger partial charge in [0.1, 0.15) is 11.6 Å². The van der Waals surface area contributed by atoms with Gasteiger partial charge >= 0.3 is 6.61 Å².